The Hall–Kier alpha value is -2.04. The van der Waals surface area contributed by atoms with Gasteiger partial charge in [-0.05, 0) is 29.8 Å². The fourth-order valence-corrected chi connectivity index (χ4v) is 2.03. The molecule has 0 aromatic heterocycles. The van der Waals surface area contributed by atoms with Gasteiger partial charge in [-0.3, -0.25) is 4.79 Å². The number of esters is 1. The van der Waals surface area contributed by atoms with E-state index in [-0.39, 0.29) is 17.2 Å². The van der Waals surface area contributed by atoms with E-state index >= 15 is 0 Å². The maximum atomic E-state index is 11.8. The molecule has 0 aliphatic heterocycles. The molecule has 2 rings (SSSR count). The van der Waals surface area contributed by atoms with Gasteiger partial charge in [-0.1, -0.05) is 47.5 Å². The molecule has 1 N–H and O–H groups in total. The predicted molar refractivity (Wildman–Crippen MR) is 85.0 cm³/mol. The van der Waals surface area contributed by atoms with Gasteiger partial charge in [0.15, 0.2) is 6.61 Å². The fourth-order valence-electron chi connectivity index (χ4n) is 1.69. The molecule has 0 aliphatic carbocycles. The van der Waals surface area contributed by atoms with Crippen LogP contribution in [0.2, 0.25) is 10.0 Å². The van der Waals surface area contributed by atoms with Gasteiger partial charge in [0, 0.05) is 11.6 Å². The number of amides is 1. The summed E-state index contributed by atoms with van der Waals surface area (Å²) in [7, 11) is 0. The van der Waals surface area contributed by atoms with Crippen molar-refractivity contribution < 1.29 is 14.3 Å². The first-order valence-electron chi connectivity index (χ1n) is 6.49. The second-order valence-corrected chi connectivity index (χ2v) is 5.30. The molecule has 0 saturated carbocycles. The molecule has 0 spiro atoms. The first-order chi connectivity index (χ1) is 10.6. The third-order valence-corrected chi connectivity index (χ3v) is 3.41. The van der Waals surface area contributed by atoms with Crippen molar-refractivity contribution in [1.29, 1.82) is 0 Å². The Morgan fingerprint density at radius 2 is 1.68 bits per heavy atom. The van der Waals surface area contributed by atoms with Crippen molar-refractivity contribution >= 4 is 35.1 Å². The smallest absolute Gasteiger partial charge is 0.340 e. The fraction of sp³-hybridized carbons (Fsp3) is 0.125. The van der Waals surface area contributed by atoms with E-state index < -0.39 is 11.9 Å². The van der Waals surface area contributed by atoms with E-state index in [0.717, 1.165) is 5.56 Å². The van der Waals surface area contributed by atoms with Gasteiger partial charge in [0.05, 0.1) is 10.6 Å². The summed E-state index contributed by atoms with van der Waals surface area (Å²) in [6.07, 6.45) is 0. The Bertz CT molecular complexity index is 671. The summed E-state index contributed by atoms with van der Waals surface area (Å²) in [4.78, 5) is 23.4. The first kappa shape index (κ1) is 16.3. The summed E-state index contributed by atoms with van der Waals surface area (Å²) in [5.41, 5.74) is 1.13. The van der Waals surface area contributed by atoms with Gasteiger partial charge in [0.2, 0.25) is 0 Å². The number of halogens is 2. The monoisotopic (exact) mass is 337 g/mol. The normalized spacial score (nSPS) is 10.1. The van der Waals surface area contributed by atoms with Gasteiger partial charge in [-0.15, -0.1) is 0 Å². The molecule has 2 aromatic rings. The van der Waals surface area contributed by atoms with Crippen LogP contribution >= 0.6 is 23.2 Å². The molecule has 0 bridgehead atoms. The molecule has 6 heteroatoms. The van der Waals surface area contributed by atoms with Crippen LogP contribution in [0.1, 0.15) is 15.9 Å². The zero-order valence-corrected chi connectivity index (χ0v) is 13.0. The van der Waals surface area contributed by atoms with Crippen LogP contribution in [0.3, 0.4) is 0 Å². The molecule has 0 aliphatic rings. The summed E-state index contributed by atoms with van der Waals surface area (Å²) in [6, 6.07) is 13.6. The van der Waals surface area contributed by atoms with Gasteiger partial charge >= 0.3 is 5.97 Å². The molecule has 0 unspecified atom stereocenters. The van der Waals surface area contributed by atoms with Crippen LogP contribution in [0.4, 0.5) is 0 Å². The Balaban J connectivity index is 1.79. The number of benzene rings is 2. The molecule has 114 valence electrons. The zero-order chi connectivity index (χ0) is 15.9. The number of hydrogen-bond donors (Lipinski definition) is 1. The number of carbonyl (C=O) groups excluding carboxylic acids is 2. The number of rotatable bonds is 5. The Morgan fingerprint density at radius 1 is 1.00 bits per heavy atom. The maximum absolute atomic E-state index is 11.8. The molecule has 22 heavy (non-hydrogen) atoms. The summed E-state index contributed by atoms with van der Waals surface area (Å²) in [5, 5.41) is 3.56. The molecule has 0 heterocycles. The molecule has 0 saturated heterocycles. The molecular formula is C16H13Cl2NO3. The van der Waals surface area contributed by atoms with Gasteiger partial charge in [-0.2, -0.15) is 0 Å². The van der Waals surface area contributed by atoms with E-state index in [9.17, 15) is 9.59 Å². The zero-order valence-electron chi connectivity index (χ0n) is 11.5. The number of nitrogens with one attached hydrogen (secondary N) is 1. The van der Waals surface area contributed by atoms with E-state index in [1.165, 1.54) is 6.07 Å². The second kappa shape index (κ2) is 7.82. The van der Waals surface area contributed by atoms with Crippen LogP contribution in [0, 0.1) is 0 Å². The van der Waals surface area contributed by atoms with Crippen molar-refractivity contribution in [1.82, 2.24) is 5.32 Å². The van der Waals surface area contributed by atoms with Crippen molar-refractivity contribution in [3.8, 4) is 0 Å². The molecule has 0 atom stereocenters. The Kier molecular flexibility index (Phi) is 5.81. The highest BCUT2D eigenvalue weighted by atomic mass is 35.5. The van der Waals surface area contributed by atoms with Crippen molar-refractivity contribution in [3.63, 3.8) is 0 Å². The van der Waals surface area contributed by atoms with E-state index in [0.29, 0.717) is 11.6 Å². The first-order valence-corrected chi connectivity index (χ1v) is 7.24. The maximum Gasteiger partial charge on any atom is 0.340 e. The summed E-state index contributed by atoms with van der Waals surface area (Å²) in [5.74, 6) is -1.03. The minimum Gasteiger partial charge on any atom is -0.452 e. The highest BCUT2D eigenvalue weighted by molar-refractivity contribution is 6.33. The lowest BCUT2D eigenvalue weighted by Gasteiger charge is -2.07. The lowest BCUT2D eigenvalue weighted by Crippen LogP contribution is -2.28. The number of ether oxygens (including phenoxy) is 1. The minimum atomic E-state index is -0.632. The standard InChI is InChI=1S/C16H13Cl2NO3/c17-12-7-5-11(6-8-12)9-19-15(20)10-22-16(21)13-3-1-2-4-14(13)18/h1-8H,9-10H2,(H,19,20). The van der Waals surface area contributed by atoms with Crippen molar-refractivity contribution in [3.05, 3.63) is 69.7 Å². The van der Waals surface area contributed by atoms with Gasteiger partial charge in [-0.25, -0.2) is 4.79 Å². The van der Waals surface area contributed by atoms with Crippen LogP contribution in [0.25, 0.3) is 0 Å². The van der Waals surface area contributed by atoms with E-state index in [1.54, 1.807) is 42.5 Å². The van der Waals surface area contributed by atoms with Gasteiger partial charge in [0.25, 0.3) is 5.91 Å². The lowest BCUT2D eigenvalue weighted by molar-refractivity contribution is -0.124. The predicted octanol–water partition coefficient (Wildman–Crippen LogP) is 3.47. The third-order valence-electron chi connectivity index (χ3n) is 2.83. The summed E-state index contributed by atoms with van der Waals surface area (Å²) >= 11 is 11.7. The van der Waals surface area contributed by atoms with E-state index in [1.807, 2.05) is 0 Å². The van der Waals surface area contributed by atoms with E-state index in [4.69, 9.17) is 27.9 Å². The van der Waals surface area contributed by atoms with Gasteiger partial charge in [0.1, 0.15) is 0 Å². The summed E-state index contributed by atoms with van der Waals surface area (Å²) < 4.78 is 4.92. The second-order valence-electron chi connectivity index (χ2n) is 4.46. The van der Waals surface area contributed by atoms with E-state index in [2.05, 4.69) is 5.32 Å². The third kappa shape index (κ3) is 4.76. The average Bonchev–Trinajstić information content (AvgIpc) is 2.52. The number of carbonyl (C=O) groups is 2. The topological polar surface area (TPSA) is 55.4 Å². The molecular weight excluding hydrogens is 325 g/mol. The van der Waals surface area contributed by atoms with Crippen LogP contribution in [0.15, 0.2) is 48.5 Å². The minimum absolute atomic E-state index is 0.231. The van der Waals surface area contributed by atoms with Crippen molar-refractivity contribution in [2.75, 3.05) is 6.61 Å². The van der Waals surface area contributed by atoms with Crippen molar-refractivity contribution in [2.45, 2.75) is 6.54 Å². The Morgan fingerprint density at radius 3 is 2.36 bits per heavy atom. The van der Waals surface area contributed by atoms with Crippen LogP contribution in [-0.4, -0.2) is 18.5 Å². The molecule has 4 nitrogen and oxygen atoms in total. The van der Waals surface area contributed by atoms with Crippen LogP contribution in [0.5, 0.6) is 0 Å². The molecule has 2 aromatic carbocycles. The SMILES string of the molecule is O=C(COC(=O)c1ccccc1Cl)NCc1ccc(Cl)cc1. The lowest BCUT2D eigenvalue weighted by atomic mass is 10.2. The largest absolute Gasteiger partial charge is 0.452 e. The quantitative estimate of drug-likeness (QED) is 0.850. The van der Waals surface area contributed by atoms with Gasteiger partial charge < -0.3 is 10.1 Å². The molecule has 0 radical (unpaired) electrons. The highest BCUT2D eigenvalue weighted by Crippen LogP contribution is 2.15. The molecule has 0 fully saturated rings. The van der Waals surface area contributed by atoms with Crippen LogP contribution in [-0.2, 0) is 16.1 Å². The average molecular weight is 338 g/mol. The highest BCUT2D eigenvalue weighted by Gasteiger charge is 2.12. The van der Waals surface area contributed by atoms with Crippen LogP contribution < -0.4 is 5.32 Å². The van der Waals surface area contributed by atoms with Crippen molar-refractivity contribution in [2.24, 2.45) is 0 Å². The summed E-state index contributed by atoms with van der Waals surface area (Å²) in [6.45, 7) is -0.0305. The molecule has 1 amide bonds. The Labute approximate surface area is 138 Å². The number of hydrogen-bond acceptors (Lipinski definition) is 3.